The summed E-state index contributed by atoms with van der Waals surface area (Å²) in [5, 5.41) is 7.33. The fourth-order valence-corrected chi connectivity index (χ4v) is 1.35. The molecule has 0 aliphatic carbocycles. The second-order valence-corrected chi connectivity index (χ2v) is 3.86. The number of hydrogen-bond acceptors (Lipinski definition) is 4. The van der Waals surface area contributed by atoms with Crippen LogP contribution < -0.4 is 10.4 Å². The van der Waals surface area contributed by atoms with Crippen molar-refractivity contribution in [3.63, 3.8) is 0 Å². The van der Waals surface area contributed by atoms with Crippen molar-refractivity contribution in [1.29, 1.82) is 0 Å². The van der Waals surface area contributed by atoms with Crippen molar-refractivity contribution in [3.8, 4) is 11.4 Å². The fraction of sp³-hybridized carbons (Fsp3) is 0.364. The van der Waals surface area contributed by atoms with E-state index < -0.39 is 5.69 Å². The summed E-state index contributed by atoms with van der Waals surface area (Å²) in [6.07, 6.45) is -0.0390. The van der Waals surface area contributed by atoms with Crippen LogP contribution in [0.4, 0.5) is 0 Å². The summed E-state index contributed by atoms with van der Waals surface area (Å²) in [5.74, 6) is 0.417. The maximum absolute atomic E-state index is 11.7. The van der Waals surface area contributed by atoms with E-state index in [1.54, 1.807) is 18.2 Å². The highest BCUT2D eigenvalue weighted by molar-refractivity contribution is 5.38. The van der Waals surface area contributed by atoms with Crippen LogP contribution in [0.2, 0.25) is 0 Å². The van der Waals surface area contributed by atoms with Crippen molar-refractivity contribution in [3.05, 3.63) is 34.7 Å². The summed E-state index contributed by atoms with van der Waals surface area (Å²) in [7, 11) is 1.50. The standard InChI is InChI=1S/C11H14N4O2/c1-8(2)17-10-6-4-5-9(7-10)15-11(16)14(3)12-13-15/h4-8H,1-3H3/i7T. The Bertz CT molecular complexity index is 618. The molecule has 0 saturated carbocycles. The minimum Gasteiger partial charge on any atom is -0.491 e. The number of ether oxygens (including phenoxy) is 1. The molecule has 0 fully saturated rings. The zero-order valence-electron chi connectivity index (χ0n) is 10.9. The van der Waals surface area contributed by atoms with E-state index in [4.69, 9.17) is 6.11 Å². The highest BCUT2D eigenvalue weighted by Gasteiger charge is 2.07. The van der Waals surface area contributed by atoms with E-state index in [0.717, 1.165) is 9.36 Å². The molecule has 0 amide bonds. The largest absolute Gasteiger partial charge is 0.491 e. The smallest absolute Gasteiger partial charge is 0.368 e. The molecule has 0 spiro atoms. The Morgan fingerprint density at radius 3 is 2.76 bits per heavy atom. The second-order valence-electron chi connectivity index (χ2n) is 3.86. The van der Waals surface area contributed by atoms with Crippen molar-refractivity contribution < 1.29 is 6.11 Å². The first-order valence-corrected chi connectivity index (χ1v) is 5.26. The van der Waals surface area contributed by atoms with E-state index in [2.05, 4.69) is 10.4 Å². The van der Waals surface area contributed by atoms with Crippen molar-refractivity contribution in [2.75, 3.05) is 0 Å². The summed E-state index contributed by atoms with van der Waals surface area (Å²) in [4.78, 5) is 11.7. The molecule has 6 nitrogen and oxygen atoms in total. The SMILES string of the molecule is [3H]c1c(OC(C)C)cccc1-n1nnn(C)c1=O. The zero-order valence-corrected chi connectivity index (χ0v) is 9.91. The number of nitrogens with zero attached hydrogens (tertiary/aromatic N) is 4. The van der Waals surface area contributed by atoms with Gasteiger partial charge in [-0.1, -0.05) is 6.07 Å². The van der Waals surface area contributed by atoms with E-state index in [1.165, 1.54) is 7.05 Å². The average molecular weight is 236 g/mol. The third-order valence-corrected chi connectivity index (χ3v) is 2.07. The Kier molecular flexibility index (Phi) is 2.61. The van der Waals surface area contributed by atoms with E-state index in [0.29, 0.717) is 11.4 Å². The maximum atomic E-state index is 11.7. The van der Waals surface area contributed by atoms with Crippen molar-refractivity contribution in [1.82, 2.24) is 19.8 Å². The van der Waals surface area contributed by atoms with E-state index in [9.17, 15) is 4.79 Å². The molecule has 1 heterocycles. The highest BCUT2D eigenvalue weighted by Crippen LogP contribution is 2.16. The van der Waals surface area contributed by atoms with Crippen molar-refractivity contribution >= 4 is 0 Å². The molecule has 17 heavy (non-hydrogen) atoms. The van der Waals surface area contributed by atoms with Gasteiger partial charge in [-0.25, -0.2) is 4.79 Å². The molecule has 1 aromatic heterocycles. The van der Waals surface area contributed by atoms with Crippen molar-refractivity contribution in [2.45, 2.75) is 20.0 Å². The van der Waals surface area contributed by atoms with Gasteiger partial charge in [0.1, 0.15) is 5.75 Å². The molecule has 0 atom stereocenters. The quantitative estimate of drug-likeness (QED) is 0.789. The normalized spacial score (nSPS) is 11.6. The van der Waals surface area contributed by atoms with Gasteiger partial charge in [0.05, 0.1) is 13.2 Å². The maximum Gasteiger partial charge on any atom is 0.368 e. The molecule has 90 valence electrons. The third kappa shape index (κ3) is 2.35. The molecule has 0 radical (unpaired) electrons. The number of aryl methyl sites for hydroxylation is 1. The summed E-state index contributed by atoms with van der Waals surface area (Å²) in [6, 6.07) is 5.15. The molecule has 2 aromatic rings. The lowest BCUT2D eigenvalue weighted by atomic mass is 10.3. The molecular formula is C11H14N4O2. The van der Waals surface area contributed by atoms with Crippen LogP contribution in [0.25, 0.3) is 5.69 Å². The Labute approximate surface area is 99.8 Å². The molecule has 0 aliphatic rings. The van der Waals surface area contributed by atoms with Gasteiger partial charge < -0.3 is 4.74 Å². The van der Waals surface area contributed by atoms with E-state index >= 15 is 0 Å². The molecule has 0 N–H and O–H groups in total. The number of tetrazole rings is 1. The van der Waals surface area contributed by atoms with Crippen LogP contribution in [-0.4, -0.2) is 25.9 Å². The van der Waals surface area contributed by atoms with Gasteiger partial charge in [-0.15, -0.1) is 0 Å². The Morgan fingerprint density at radius 2 is 2.18 bits per heavy atom. The van der Waals surface area contributed by atoms with Gasteiger partial charge >= 0.3 is 5.69 Å². The predicted molar refractivity (Wildman–Crippen MR) is 62.4 cm³/mol. The molecule has 6 heteroatoms. The number of benzene rings is 1. The van der Waals surface area contributed by atoms with Crippen LogP contribution in [0, 0.1) is 0 Å². The van der Waals surface area contributed by atoms with Gasteiger partial charge in [-0.2, -0.15) is 9.36 Å². The molecule has 0 bridgehead atoms. The van der Waals surface area contributed by atoms with Crippen molar-refractivity contribution in [2.24, 2.45) is 7.05 Å². The number of aromatic nitrogens is 4. The lowest BCUT2D eigenvalue weighted by Crippen LogP contribution is -2.21. The number of rotatable bonds is 3. The zero-order chi connectivity index (χ0) is 13.3. The molecule has 0 aliphatic heterocycles. The van der Waals surface area contributed by atoms with Crippen LogP contribution in [0.3, 0.4) is 0 Å². The molecule has 0 unspecified atom stereocenters. The van der Waals surface area contributed by atoms with E-state index in [-0.39, 0.29) is 12.1 Å². The third-order valence-electron chi connectivity index (χ3n) is 2.07. The molecule has 2 rings (SSSR count). The Hall–Kier alpha value is -2.11. The Balaban J connectivity index is 2.52. The van der Waals surface area contributed by atoms with Gasteiger partial charge in [-0.05, 0) is 36.4 Å². The van der Waals surface area contributed by atoms with Crippen LogP contribution in [0.5, 0.6) is 5.75 Å². The highest BCUT2D eigenvalue weighted by atomic mass is 16.5. The lowest BCUT2D eigenvalue weighted by Gasteiger charge is -2.10. The topological polar surface area (TPSA) is 61.9 Å². The number of hydrogen-bond donors (Lipinski definition) is 0. The first-order valence-electron chi connectivity index (χ1n) is 5.76. The van der Waals surface area contributed by atoms with Gasteiger partial charge in [0.15, 0.2) is 0 Å². The molecular weight excluding hydrogens is 220 g/mol. The van der Waals surface area contributed by atoms with Gasteiger partial charge in [0.2, 0.25) is 0 Å². The predicted octanol–water partition coefficient (Wildman–Crippen LogP) is 0.753. The average Bonchev–Trinajstić information content (AvgIpc) is 2.63. The second kappa shape index (κ2) is 4.40. The monoisotopic (exact) mass is 236 g/mol. The minimum absolute atomic E-state index is 0.0390. The Morgan fingerprint density at radius 1 is 1.41 bits per heavy atom. The summed E-state index contributed by atoms with van der Waals surface area (Å²) >= 11 is 0. The lowest BCUT2D eigenvalue weighted by molar-refractivity contribution is 0.242. The van der Waals surface area contributed by atoms with Crippen LogP contribution in [-0.2, 0) is 7.05 Å². The minimum atomic E-state index is -0.398. The molecule has 0 saturated heterocycles. The van der Waals surface area contributed by atoms with Crippen LogP contribution in [0.1, 0.15) is 15.2 Å². The summed E-state index contributed by atoms with van der Waals surface area (Å²) in [5.41, 5.74) is -0.0450. The first kappa shape index (κ1) is 10.1. The summed E-state index contributed by atoms with van der Waals surface area (Å²) in [6.45, 7) is 3.75. The summed E-state index contributed by atoms with van der Waals surface area (Å²) < 4.78 is 15.7. The van der Waals surface area contributed by atoms with E-state index in [1.807, 2.05) is 13.8 Å². The van der Waals surface area contributed by atoms with Gasteiger partial charge in [-0.3, -0.25) is 0 Å². The van der Waals surface area contributed by atoms with Gasteiger partial charge in [0, 0.05) is 13.1 Å². The fourth-order valence-electron chi connectivity index (χ4n) is 1.35. The molecule has 1 aromatic carbocycles. The van der Waals surface area contributed by atoms with Gasteiger partial charge in [0.25, 0.3) is 0 Å². The first-order chi connectivity index (χ1) is 8.50. The van der Waals surface area contributed by atoms with Crippen LogP contribution in [0.15, 0.2) is 29.0 Å². The van der Waals surface area contributed by atoms with Crippen LogP contribution >= 0.6 is 0 Å².